The van der Waals surface area contributed by atoms with Gasteiger partial charge in [0.15, 0.2) is 5.82 Å². The van der Waals surface area contributed by atoms with Gasteiger partial charge in [0, 0.05) is 31.3 Å². The van der Waals surface area contributed by atoms with Crippen LogP contribution in [0.15, 0.2) is 53.9 Å². The monoisotopic (exact) mass is 598 g/mol. The molecule has 0 saturated carbocycles. The third-order valence-corrected chi connectivity index (χ3v) is 8.88. The predicted molar refractivity (Wildman–Crippen MR) is 168 cm³/mol. The normalized spacial score (nSPS) is 19.1. The highest BCUT2D eigenvalue weighted by Gasteiger charge is 2.27. The summed E-state index contributed by atoms with van der Waals surface area (Å²) >= 11 is 0. The fourth-order valence-corrected chi connectivity index (χ4v) is 6.51. The van der Waals surface area contributed by atoms with Crippen LogP contribution < -0.4 is 4.74 Å². The first-order valence-corrected chi connectivity index (χ1v) is 15.7. The second-order valence-corrected chi connectivity index (χ2v) is 12.3. The Morgan fingerprint density at radius 3 is 2.82 bits per heavy atom. The molecule has 0 amide bonds. The molecule has 6 rings (SSSR count). The van der Waals surface area contributed by atoms with Crippen molar-refractivity contribution in [3.05, 3.63) is 87.4 Å². The molecular formula is C35H42N4O5. The van der Waals surface area contributed by atoms with Crippen molar-refractivity contribution in [2.75, 3.05) is 19.8 Å². The van der Waals surface area contributed by atoms with Crippen molar-refractivity contribution in [3.63, 3.8) is 0 Å². The van der Waals surface area contributed by atoms with Crippen molar-refractivity contribution in [2.45, 2.75) is 85.1 Å². The van der Waals surface area contributed by atoms with E-state index in [1.165, 1.54) is 45.1 Å². The minimum Gasteiger partial charge on any atom is -0.488 e. The second-order valence-electron chi connectivity index (χ2n) is 12.3. The second kappa shape index (κ2) is 13.0. The lowest BCUT2D eigenvalue weighted by Crippen LogP contribution is -2.44. The zero-order valence-electron chi connectivity index (χ0n) is 26.1. The lowest BCUT2D eigenvalue weighted by atomic mass is 9.90. The van der Waals surface area contributed by atoms with E-state index in [-0.39, 0.29) is 17.5 Å². The van der Waals surface area contributed by atoms with Crippen molar-refractivity contribution in [3.8, 4) is 11.7 Å². The first kappa shape index (κ1) is 30.1. The maximum absolute atomic E-state index is 11.8. The highest BCUT2D eigenvalue weighted by atomic mass is 16.5. The summed E-state index contributed by atoms with van der Waals surface area (Å²) in [6.07, 6.45) is 8.50. The van der Waals surface area contributed by atoms with Gasteiger partial charge in [0.25, 0.3) is 0 Å². The number of carboxylic acid groups (broad SMARTS) is 1. The van der Waals surface area contributed by atoms with Gasteiger partial charge in [-0.3, -0.25) is 4.90 Å². The fraction of sp³-hybridized carbons (Fsp3) is 0.457. The highest BCUT2D eigenvalue weighted by molar-refractivity contribution is 5.90. The molecule has 232 valence electrons. The molecule has 1 fully saturated rings. The summed E-state index contributed by atoms with van der Waals surface area (Å²) in [5.41, 5.74) is 8.28. The lowest BCUT2D eigenvalue weighted by Gasteiger charge is -2.38. The van der Waals surface area contributed by atoms with Gasteiger partial charge in [-0.15, -0.1) is 0 Å². The van der Waals surface area contributed by atoms with Crippen LogP contribution in [-0.2, 0) is 29.0 Å². The Morgan fingerprint density at radius 2 is 2.05 bits per heavy atom. The molecule has 0 radical (unpaired) electrons. The van der Waals surface area contributed by atoms with E-state index < -0.39 is 5.97 Å². The third-order valence-electron chi connectivity index (χ3n) is 8.88. The molecule has 1 N–H and O–H groups in total. The molecule has 3 aliphatic rings. The first-order valence-electron chi connectivity index (χ1n) is 15.7. The molecular weight excluding hydrogens is 556 g/mol. The number of allylic oxidation sites excluding steroid dienone is 3. The Labute approximate surface area is 259 Å². The zero-order chi connectivity index (χ0) is 30.8. The Morgan fingerprint density at radius 1 is 1.18 bits per heavy atom. The van der Waals surface area contributed by atoms with Crippen LogP contribution >= 0.6 is 0 Å². The Balaban J connectivity index is 1.21. The minimum atomic E-state index is -1.10. The van der Waals surface area contributed by atoms with E-state index >= 15 is 0 Å². The summed E-state index contributed by atoms with van der Waals surface area (Å²) in [6.45, 7) is 12.3. The molecule has 9 nitrogen and oxygen atoms in total. The average Bonchev–Trinajstić information content (AvgIpc) is 3.44. The number of carboxylic acids is 1. The summed E-state index contributed by atoms with van der Waals surface area (Å²) < 4.78 is 19.7. The van der Waals surface area contributed by atoms with Gasteiger partial charge in [0.1, 0.15) is 17.9 Å². The van der Waals surface area contributed by atoms with Crippen LogP contribution in [0.3, 0.4) is 0 Å². The quantitative estimate of drug-likeness (QED) is 0.308. The van der Waals surface area contributed by atoms with Gasteiger partial charge in [0.05, 0.1) is 24.6 Å². The standard InChI is InChI=1S/C35H42N4O5/c1-22(2)44-34-30(35(40)41)18-36-39(34)32-12-6-11-31(37-32)29-10-5-8-23(3)33(29)43-20-26-14-13-25-19-38(16-15-28(25)24(26)4)27-9-7-17-42-21-27/h6,10-14,18,22,27H,5,7-9,15-17,19-21H2,1-4H3,(H,40,41)/t27-/m0/s1. The van der Waals surface area contributed by atoms with Gasteiger partial charge in [-0.25, -0.2) is 9.78 Å². The maximum Gasteiger partial charge on any atom is 0.342 e. The number of aromatic carboxylic acids is 1. The van der Waals surface area contributed by atoms with Gasteiger partial charge >= 0.3 is 5.97 Å². The topological polar surface area (TPSA) is 98.9 Å². The van der Waals surface area contributed by atoms with Crippen LogP contribution in [0, 0.1) is 6.92 Å². The number of ether oxygens (including phenoxy) is 3. The van der Waals surface area contributed by atoms with Crippen molar-refractivity contribution in [2.24, 2.45) is 0 Å². The summed E-state index contributed by atoms with van der Waals surface area (Å²) in [5.74, 6) is 0.400. The number of rotatable bonds is 9. The highest BCUT2D eigenvalue weighted by Crippen LogP contribution is 2.35. The van der Waals surface area contributed by atoms with E-state index in [0.29, 0.717) is 18.5 Å². The molecule has 1 atom stereocenters. The molecule has 4 heterocycles. The largest absolute Gasteiger partial charge is 0.488 e. The molecule has 44 heavy (non-hydrogen) atoms. The van der Waals surface area contributed by atoms with E-state index in [4.69, 9.17) is 19.2 Å². The Bertz CT molecular complexity index is 1600. The summed E-state index contributed by atoms with van der Waals surface area (Å²) in [4.78, 5) is 19.3. The van der Waals surface area contributed by atoms with Crippen LogP contribution in [0.2, 0.25) is 0 Å². The lowest BCUT2D eigenvalue weighted by molar-refractivity contribution is 0.0125. The average molecular weight is 599 g/mol. The van der Waals surface area contributed by atoms with Gasteiger partial charge in [0.2, 0.25) is 5.88 Å². The minimum absolute atomic E-state index is 0.00122. The van der Waals surface area contributed by atoms with Gasteiger partial charge in [-0.05, 0) is 99.8 Å². The van der Waals surface area contributed by atoms with Crippen LogP contribution in [0.1, 0.15) is 84.8 Å². The fourth-order valence-electron chi connectivity index (χ4n) is 6.51. The van der Waals surface area contributed by atoms with Crippen molar-refractivity contribution >= 4 is 11.5 Å². The number of pyridine rings is 1. The molecule has 1 aromatic carbocycles. The molecule has 3 aromatic rings. The van der Waals surface area contributed by atoms with E-state index in [1.807, 2.05) is 26.0 Å². The van der Waals surface area contributed by atoms with Crippen molar-refractivity contribution < 1.29 is 24.1 Å². The first-order chi connectivity index (χ1) is 21.3. The van der Waals surface area contributed by atoms with E-state index in [0.717, 1.165) is 69.0 Å². The molecule has 0 unspecified atom stereocenters. The molecule has 0 bridgehead atoms. The van der Waals surface area contributed by atoms with Crippen molar-refractivity contribution in [1.29, 1.82) is 0 Å². The van der Waals surface area contributed by atoms with E-state index in [9.17, 15) is 9.90 Å². The predicted octanol–water partition coefficient (Wildman–Crippen LogP) is 6.27. The summed E-state index contributed by atoms with van der Waals surface area (Å²) in [5, 5.41) is 14.0. The van der Waals surface area contributed by atoms with Gasteiger partial charge < -0.3 is 19.3 Å². The number of nitrogens with zero attached hydrogens (tertiary/aromatic N) is 4. The van der Waals surface area contributed by atoms with Crippen LogP contribution in [0.4, 0.5) is 0 Å². The van der Waals surface area contributed by atoms with Crippen LogP contribution in [0.25, 0.3) is 11.4 Å². The molecule has 9 heteroatoms. The van der Waals surface area contributed by atoms with Gasteiger partial charge in [-0.1, -0.05) is 24.3 Å². The Hall–Kier alpha value is -3.95. The molecule has 2 aromatic heterocycles. The summed E-state index contributed by atoms with van der Waals surface area (Å²) in [6, 6.07) is 10.7. The molecule has 2 aliphatic heterocycles. The van der Waals surface area contributed by atoms with Crippen LogP contribution in [-0.4, -0.2) is 62.6 Å². The smallest absolute Gasteiger partial charge is 0.342 e. The van der Waals surface area contributed by atoms with Crippen LogP contribution in [0.5, 0.6) is 5.88 Å². The zero-order valence-corrected chi connectivity index (χ0v) is 26.1. The number of carbonyl (C=O) groups is 1. The summed E-state index contributed by atoms with van der Waals surface area (Å²) in [7, 11) is 0. The molecule has 1 saturated heterocycles. The molecule has 1 aliphatic carbocycles. The van der Waals surface area contributed by atoms with E-state index in [1.54, 1.807) is 6.07 Å². The van der Waals surface area contributed by atoms with E-state index in [2.05, 4.69) is 42.1 Å². The number of hydrogen-bond acceptors (Lipinski definition) is 7. The number of fused-ring (bicyclic) bond motifs is 1. The van der Waals surface area contributed by atoms with Gasteiger partial charge in [-0.2, -0.15) is 9.78 Å². The molecule has 0 spiro atoms. The number of hydrogen-bond donors (Lipinski definition) is 1. The van der Waals surface area contributed by atoms with Crippen molar-refractivity contribution in [1.82, 2.24) is 19.7 Å². The number of aromatic nitrogens is 3. The third kappa shape index (κ3) is 6.16. The Kier molecular flexibility index (Phi) is 8.86. The number of benzene rings is 1. The SMILES string of the molecule is CC1=C(OCc2ccc3c(c2C)CCN([C@H]2CCCOC2)C3)C(c2cccc(-n3ncc(C(=O)O)c3OC(C)C)n2)=CCC1. The maximum atomic E-state index is 11.8.